The number of likely N-dealkylation sites (tertiary alicyclic amines) is 1. The first-order chi connectivity index (χ1) is 14.3. The number of amides is 1. The van der Waals surface area contributed by atoms with Crippen molar-refractivity contribution in [3.8, 4) is 0 Å². The zero-order chi connectivity index (χ0) is 22.5. The number of halogens is 1. The fourth-order valence-corrected chi connectivity index (χ4v) is 3.24. The standard InChI is InChI=1S/C19H30FN3O.C2H2O4/c1-3-22(4-2)14-11-21-19(24)16-9-12-23(13-10-16)15-17-7-5-6-8-18(17)20;3-1(4)2(5)6/h5-8,16H,3-4,9-15H2,1-2H3,(H,21,24);(H,3,4)(H,5,6). The van der Waals surface area contributed by atoms with Crippen molar-refractivity contribution in [3.05, 3.63) is 35.6 Å². The number of nitrogens with one attached hydrogen (secondary N) is 1. The van der Waals surface area contributed by atoms with Gasteiger partial charge in [0.05, 0.1) is 0 Å². The minimum atomic E-state index is -1.82. The molecule has 1 aliphatic rings. The summed E-state index contributed by atoms with van der Waals surface area (Å²) < 4.78 is 13.7. The van der Waals surface area contributed by atoms with Crippen LogP contribution in [-0.4, -0.2) is 77.1 Å². The van der Waals surface area contributed by atoms with Gasteiger partial charge in [-0.3, -0.25) is 9.69 Å². The molecule has 0 aliphatic carbocycles. The van der Waals surface area contributed by atoms with E-state index < -0.39 is 11.9 Å². The van der Waals surface area contributed by atoms with Crippen LogP contribution in [-0.2, 0) is 20.9 Å². The molecule has 1 amide bonds. The Labute approximate surface area is 176 Å². The van der Waals surface area contributed by atoms with E-state index in [4.69, 9.17) is 19.8 Å². The lowest BCUT2D eigenvalue weighted by Crippen LogP contribution is -2.42. The normalized spacial score (nSPS) is 14.7. The smallest absolute Gasteiger partial charge is 0.414 e. The van der Waals surface area contributed by atoms with Gasteiger partial charge in [-0.25, -0.2) is 14.0 Å². The third-order valence-electron chi connectivity index (χ3n) is 5.11. The summed E-state index contributed by atoms with van der Waals surface area (Å²) >= 11 is 0. The summed E-state index contributed by atoms with van der Waals surface area (Å²) in [6.45, 7) is 10.3. The van der Waals surface area contributed by atoms with Crippen molar-refractivity contribution in [2.24, 2.45) is 5.92 Å². The maximum Gasteiger partial charge on any atom is 0.414 e. The maximum atomic E-state index is 13.7. The van der Waals surface area contributed by atoms with Gasteiger partial charge >= 0.3 is 11.9 Å². The molecule has 1 aliphatic heterocycles. The van der Waals surface area contributed by atoms with E-state index >= 15 is 0 Å². The molecule has 0 bridgehead atoms. The van der Waals surface area contributed by atoms with Crippen molar-refractivity contribution in [2.45, 2.75) is 33.2 Å². The highest BCUT2D eigenvalue weighted by Crippen LogP contribution is 2.20. The van der Waals surface area contributed by atoms with Gasteiger partial charge in [-0.2, -0.15) is 0 Å². The maximum absolute atomic E-state index is 13.7. The number of carbonyl (C=O) groups is 3. The average molecular weight is 426 g/mol. The minimum Gasteiger partial charge on any atom is -0.473 e. The SMILES string of the molecule is CCN(CC)CCNC(=O)C1CCN(Cc2ccccc2F)CC1.O=C(O)C(=O)O. The first-order valence-corrected chi connectivity index (χ1v) is 10.2. The second-order valence-electron chi connectivity index (χ2n) is 7.07. The molecular formula is C21H32FN3O5. The molecule has 0 aromatic heterocycles. The number of benzene rings is 1. The van der Waals surface area contributed by atoms with Crippen molar-refractivity contribution in [3.63, 3.8) is 0 Å². The topological polar surface area (TPSA) is 110 Å². The molecule has 30 heavy (non-hydrogen) atoms. The number of carbonyl (C=O) groups excluding carboxylic acids is 1. The second-order valence-corrected chi connectivity index (χ2v) is 7.07. The predicted octanol–water partition coefficient (Wildman–Crippen LogP) is 1.65. The largest absolute Gasteiger partial charge is 0.473 e. The highest BCUT2D eigenvalue weighted by atomic mass is 19.1. The van der Waals surface area contributed by atoms with Gasteiger partial charge in [0, 0.05) is 31.1 Å². The van der Waals surface area contributed by atoms with E-state index in [-0.39, 0.29) is 17.6 Å². The number of carboxylic acid groups (broad SMARTS) is 2. The van der Waals surface area contributed by atoms with Crippen molar-refractivity contribution in [1.29, 1.82) is 0 Å². The zero-order valence-corrected chi connectivity index (χ0v) is 17.6. The van der Waals surface area contributed by atoms with E-state index in [1.54, 1.807) is 6.07 Å². The first-order valence-electron chi connectivity index (χ1n) is 10.2. The number of likely N-dealkylation sites (N-methyl/N-ethyl adjacent to an activating group) is 1. The molecule has 0 saturated carbocycles. The molecule has 3 N–H and O–H groups in total. The molecule has 1 saturated heterocycles. The van der Waals surface area contributed by atoms with Gasteiger partial charge in [-0.05, 0) is 45.1 Å². The Bertz CT molecular complexity index is 677. The van der Waals surface area contributed by atoms with Crippen molar-refractivity contribution in [1.82, 2.24) is 15.1 Å². The number of carboxylic acids is 2. The average Bonchev–Trinajstić information content (AvgIpc) is 2.73. The van der Waals surface area contributed by atoms with Crippen molar-refractivity contribution < 1.29 is 29.0 Å². The number of rotatable bonds is 8. The molecule has 1 heterocycles. The van der Waals surface area contributed by atoms with Crippen LogP contribution in [0.2, 0.25) is 0 Å². The third-order valence-corrected chi connectivity index (χ3v) is 5.11. The molecule has 2 rings (SSSR count). The third kappa shape index (κ3) is 9.32. The number of aliphatic carboxylic acids is 2. The Morgan fingerprint density at radius 1 is 1.10 bits per heavy atom. The highest BCUT2D eigenvalue weighted by Gasteiger charge is 2.25. The van der Waals surface area contributed by atoms with Gasteiger partial charge in [0.15, 0.2) is 0 Å². The molecule has 1 aromatic rings. The molecule has 1 aromatic carbocycles. The summed E-state index contributed by atoms with van der Waals surface area (Å²) in [5.74, 6) is -3.52. The lowest BCUT2D eigenvalue weighted by Gasteiger charge is -2.31. The van der Waals surface area contributed by atoms with E-state index in [0.29, 0.717) is 6.54 Å². The molecule has 1 fully saturated rings. The summed E-state index contributed by atoms with van der Waals surface area (Å²) in [7, 11) is 0. The van der Waals surface area contributed by atoms with Crippen LogP contribution < -0.4 is 5.32 Å². The van der Waals surface area contributed by atoms with Gasteiger partial charge in [-0.15, -0.1) is 0 Å². The van der Waals surface area contributed by atoms with Crippen LogP contribution in [0.4, 0.5) is 4.39 Å². The molecule has 0 spiro atoms. The quantitative estimate of drug-likeness (QED) is 0.543. The molecule has 0 atom stereocenters. The van der Waals surface area contributed by atoms with Gasteiger partial charge in [-0.1, -0.05) is 32.0 Å². The monoisotopic (exact) mass is 425 g/mol. The van der Waals surface area contributed by atoms with Crippen molar-refractivity contribution >= 4 is 17.8 Å². The number of hydrogen-bond acceptors (Lipinski definition) is 5. The van der Waals surface area contributed by atoms with E-state index in [1.165, 1.54) is 6.07 Å². The van der Waals surface area contributed by atoms with Crippen LogP contribution in [0.25, 0.3) is 0 Å². The molecule has 9 heteroatoms. The van der Waals surface area contributed by atoms with E-state index in [2.05, 4.69) is 29.0 Å². The summed E-state index contributed by atoms with van der Waals surface area (Å²) in [5, 5.41) is 17.8. The molecule has 8 nitrogen and oxygen atoms in total. The van der Waals surface area contributed by atoms with Gasteiger partial charge in [0.2, 0.25) is 5.91 Å². The summed E-state index contributed by atoms with van der Waals surface area (Å²) in [5.41, 5.74) is 0.736. The van der Waals surface area contributed by atoms with Crippen LogP contribution in [0.15, 0.2) is 24.3 Å². The minimum absolute atomic E-state index is 0.0959. The van der Waals surface area contributed by atoms with Crippen LogP contribution in [0.3, 0.4) is 0 Å². The molecule has 0 radical (unpaired) electrons. The van der Waals surface area contributed by atoms with Crippen LogP contribution >= 0.6 is 0 Å². The Hall–Kier alpha value is -2.52. The van der Waals surface area contributed by atoms with E-state index in [1.807, 2.05) is 12.1 Å². The van der Waals surface area contributed by atoms with Crippen LogP contribution in [0.5, 0.6) is 0 Å². The molecule has 0 unspecified atom stereocenters. The summed E-state index contributed by atoms with van der Waals surface area (Å²) in [4.78, 5) is 35.0. The zero-order valence-electron chi connectivity index (χ0n) is 17.6. The number of hydrogen-bond donors (Lipinski definition) is 3. The van der Waals surface area contributed by atoms with Crippen molar-refractivity contribution in [2.75, 3.05) is 39.3 Å². The fraction of sp³-hybridized carbons (Fsp3) is 0.571. The van der Waals surface area contributed by atoms with E-state index in [9.17, 15) is 9.18 Å². The highest BCUT2D eigenvalue weighted by molar-refractivity contribution is 6.27. The Morgan fingerprint density at radius 3 is 2.17 bits per heavy atom. The fourth-order valence-electron chi connectivity index (χ4n) is 3.24. The number of piperidine rings is 1. The summed E-state index contributed by atoms with van der Waals surface area (Å²) in [6.07, 6.45) is 1.71. The second kappa shape index (κ2) is 13.7. The Kier molecular flexibility index (Phi) is 11.6. The van der Waals surface area contributed by atoms with E-state index in [0.717, 1.165) is 57.7 Å². The summed E-state index contributed by atoms with van der Waals surface area (Å²) in [6, 6.07) is 6.93. The van der Waals surface area contributed by atoms with Gasteiger partial charge < -0.3 is 20.4 Å². The lowest BCUT2D eigenvalue weighted by atomic mass is 9.95. The molecule has 168 valence electrons. The van der Waals surface area contributed by atoms with Gasteiger partial charge in [0.1, 0.15) is 5.82 Å². The van der Waals surface area contributed by atoms with Crippen LogP contribution in [0.1, 0.15) is 32.3 Å². The van der Waals surface area contributed by atoms with Gasteiger partial charge in [0.25, 0.3) is 0 Å². The Morgan fingerprint density at radius 2 is 1.67 bits per heavy atom. The predicted molar refractivity (Wildman–Crippen MR) is 110 cm³/mol. The Balaban J connectivity index is 0.000000656. The molecular weight excluding hydrogens is 393 g/mol. The number of nitrogens with zero attached hydrogens (tertiary/aromatic N) is 2. The first kappa shape index (κ1) is 25.5. The van der Waals surface area contributed by atoms with Crippen LogP contribution in [0, 0.1) is 11.7 Å². The lowest BCUT2D eigenvalue weighted by molar-refractivity contribution is -0.159.